The zero-order valence-corrected chi connectivity index (χ0v) is 19.6. The zero-order valence-electron chi connectivity index (χ0n) is 18.8. The molecule has 3 rings (SSSR count). The summed E-state index contributed by atoms with van der Waals surface area (Å²) < 4.78 is 6.44. The Labute approximate surface area is 195 Å². The van der Waals surface area contributed by atoms with Gasteiger partial charge >= 0.3 is 5.97 Å². The van der Waals surface area contributed by atoms with Gasteiger partial charge in [-0.1, -0.05) is 35.5 Å². The molecule has 2 N–H and O–H groups in total. The molecule has 1 heterocycles. The lowest BCUT2D eigenvalue weighted by Crippen LogP contribution is -2.28. The molecule has 0 spiro atoms. The van der Waals surface area contributed by atoms with Gasteiger partial charge in [0.15, 0.2) is 11.0 Å². The molecule has 0 aliphatic heterocycles. The van der Waals surface area contributed by atoms with Crippen molar-refractivity contribution in [1.82, 2.24) is 20.1 Å². The second kappa shape index (κ2) is 10.8. The van der Waals surface area contributed by atoms with E-state index in [1.165, 1.54) is 18.9 Å². The zero-order chi connectivity index (χ0) is 24.0. The molecule has 1 atom stereocenters. The van der Waals surface area contributed by atoms with Crippen LogP contribution in [0.2, 0.25) is 0 Å². The third kappa shape index (κ3) is 6.19. The van der Waals surface area contributed by atoms with E-state index in [1.54, 1.807) is 48.0 Å². The van der Waals surface area contributed by atoms with Gasteiger partial charge in [-0.05, 0) is 44.2 Å². The predicted molar refractivity (Wildman–Crippen MR) is 125 cm³/mol. The Morgan fingerprint density at radius 2 is 1.82 bits per heavy atom. The number of amides is 2. The molecule has 0 aliphatic carbocycles. The first-order valence-electron chi connectivity index (χ1n) is 10.2. The number of ether oxygens (including phenoxy) is 1. The summed E-state index contributed by atoms with van der Waals surface area (Å²) in [5.74, 6) is -0.265. The Morgan fingerprint density at radius 1 is 1.09 bits per heavy atom. The van der Waals surface area contributed by atoms with E-state index in [0.29, 0.717) is 27.8 Å². The minimum atomic E-state index is -0.476. The summed E-state index contributed by atoms with van der Waals surface area (Å²) in [7, 11) is 3.08. The number of methoxy groups -OCH3 is 1. The van der Waals surface area contributed by atoms with Crippen molar-refractivity contribution in [3.8, 4) is 0 Å². The monoisotopic (exact) mass is 467 g/mol. The molecule has 9 nitrogen and oxygen atoms in total. The summed E-state index contributed by atoms with van der Waals surface area (Å²) in [5.41, 5.74) is 2.49. The Kier molecular flexibility index (Phi) is 7.83. The average molecular weight is 468 g/mol. The standard InChI is InChI=1S/C23H25N5O4S/c1-14-8-10-16(11-9-14)21(30)24-15(2)20-26-27-23(28(20)3)33-13-19(29)25-18-7-5-6-17(12-18)22(31)32-4/h5-12,15H,13H2,1-4H3,(H,24,30)(H,25,29)/t15-/m0/s1. The number of aryl methyl sites for hydroxylation is 1. The van der Waals surface area contributed by atoms with Crippen LogP contribution >= 0.6 is 11.8 Å². The van der Waals surface area contributed by atoms with Crippen LogP contribution in [-0.4, -0.2) is 45.4 Å². The van der Waals surface area contributed by atoms with E-state index in [1.807, 2.05) is 26.0 Å². The van der Waals surface area contributed by atoms with Crippen molar-refractivity contribution in [2.24, 2.45) is 7.05 Å². The largest absolute Gasteiger partial charge is 0.465 e. The highest BCUT2D eigenvalue weighted by Gasteiger charge is 2.19. The number of carbonyl (C=O) groups excluding carboxylic acids is 3. The Morgan fingerprint density at radius 3 is 2.52 bits per heavy atom. The van der Waals surface area contributed by atoms with Gasteiger partial charge in [0.1, 0.15) is 0 Å². The summed E-state index contributed by atoms with van der Waals surface area (Å²) in [6.07, 6.45) is 0. The van der Waals surface area contributed by atoms with Crippen LogP contribution in [0.5, 0.6) is 0 Å². The molecule has 0 aliphatic rings. The summed E-state index contributed by atoms with van der Waals surface area (Å²) in [4.78, 5) is 36.5. The van der Waals surface area contributed by atoms with Gasteiger partial charge in [0.05, 0.1) is 24.5 Å². The molecule has 0 fully saturated rings. The Balaban J connectivity index is 1.57. The lowest BCUT2D eigenvalue weighted by atomic mass is 10.1. The van der Waals surface area contributed by atoms with Gasteiger partial charge in [0.2, 0.25) is 5.91 Å². The van der Waals surface area contributed by atoms with Crippen LogP contribution in [0, 0.1) is 6.92 Å². The molecule has 0 radical (unpaired) electrons. The van der Waals surface area contributed by atoms with Crippen molar-refractivity contribution < 1.29 is 19.1 Å². The molecule has 0 bridgehead atoms. The number of aromatic nitrogens is 3. The van der Waals surface area contributed by atoms with Crippen LogP contribution in [0.3, 0.4) is 0 Å². The first-order chi connectivity index (χ1) is 15.8. The van der Waals surface area contributed by atoms with Gasteiger partial charge < -0.3 is 19.9 Å². The minimum absolute atomic E-state index is 0.0958. The second-order valence-electron chi connectivity index (χ2n) is 7.37. The van der Waals surface area contributed by atoms with Crippen molar-refractivity contribution in [3.05, 3.63) is 71.0 Å². The summed E-state index contributed by atoms with van der Waals surface area (Å²) in [6.45, 7) is 3.79. The first kappa shape index (κ1) is 24.0. The van der Waals surface area contributed by atoms with E-state index in [-0.39, 0.29) is 23.6 Å². The number of benzene rings is 2. The number of thioether (sulfide) groups is 1. The number of esters is 1. The quantitative estimate of drug-likeness (QED) is 0.386. The van der Waals surface area contributed by atoms with Gasteiger partial charge in [-0.3, -0.25) is 9.59 Å². The number of hydrogen-bond donors (Lipinski definition) is 2. The molecule has 3 aromatic rings. The predicted octanol–water partition coefficient (Wildman–Crippen LogP) is 3.13. The number of hydrogen-bond acceptors (Lipinski definition) is 7. The molecule has 0 saturated heterocycles. The minimum Gasteiger partial charge on any atom is -0.465 e. The fourth-order valence-corrected chi connectivity index (χ4v) is 3.77. The summed E-state index contributed by atoms with van der Waals surface area (Å²) in [5, 5.41) is 14.5. The van der Waals surface area contributed by atoms with E-state index in [9.17, 15) is 14.4 Å². The van der Waals surface area contributed by atoms with Crippen molar-refractivity contribution in [1.29, 1.82) is 0 Å². The molecule has 2 aromatic carbocycles. The fraction of sp³-hybridized carbons (Fsp3) is 0.261. The molecular formula is C23H25N5O4S. The number of rotatable bonds is 8. The van der Waals surface area contributed by atoms with Crippen molar-refractivity contribution in [3.63, 3.8) is 0 Å². The lowest BCUT2D eigenvalue weighted by molar-refractivity contribution is -0.113. The Hall–Kier alpha value is -3.66. The normalized spacial score (nSPS) is 11.5. The average Bonchev–Trinajstić information content (AvgIpc) is 3.18. The van der Waals surface area contributed by atoms with E-state index in [4.69, 9.17) is 4.74 Å². The van der Waals surface area contributed by atoms with Gasteiger partial charge in [-0.25, -0.2) is 4.79 Å². The van der Waals surface area contributed by atoms with E-state index >= 15 is 0 Å². The molecule has 172 valence electrons. The lowest BCUT2D eigenvalue weighted by Gasteiger charge is -2.13. The van der Waals surface area contributed by atoms with Crippen LogP contribution < -0.4 is 10.6 Å². The van der Waals surface area contributed by atoms with Gasteiger partial charge in [-0.2, -0.15) is 0 Å². The number of nitrogens with zero attached hydrogens (tertiary/aromatic N) is 3. The number of anilines is 1. The first-order valence-corrected chi connectivity index (χ1v) is 11.1. The summed E-state index contributed by atoms with van der Waals surface area (Å²) in [6, 6.07) is 13.4. The van der Waals surface area contributed by atoms with E-state index < -0.39 is 5.97 Å². The van der Waals surface area contributed by atoms with Crippen LogP contribution in [0.25, 0.3) is 0 Å². The molecule has 10 heteroatoms. The smallest absolute Gasteiger partial charge is 0.337 e. The summed E-state index contributed by atoms with van der Waals surface area (Å²) >= 11 is 1.22. The molecule has 0 unspecified atom stereocenters. The highest BCUT2D eigenvalue weighted by Crippen LogP contribution is 2.20. The SMILES string of the molecule is COC(=O)c1cccc(NC(=O)CSc2nnc([C@H](C)NC(=O)c3ccc(C)cc3)n2C)c1. The number of carbonyl (C=O) groups is 3. The molecular weight excluding hydrogens is 442 g/mol. The number of nitrogens with one attached hydrogen (secondary N) is 2. The highest BCUT2D eigenvalue weighted by molar-refractivity contribution is 7.99. The molecule has 33 heavy (non-hydrogen) atoms. The van der Waals surface area contributed by atoms with Gasteiger partial charge in [0, 0.05) is 18.3 Å². The third-order valence-electron chi connectivity index (χ3n) is 4.82. The maximum absolute atomic E-state index is 12.5. The van der Waals surface area contributed by atoms with Crippen LogP contribution in [-0.2, 0) is 16.6 Å². The van der Waals surface area contributed by atoms with Crippen LogP contribution in [0.4, 0.5) is 5.69 Å². The Bertz CT molecular complexity index is 1160. The van der Waals surface area contributed by atoms with Crippen LogP contribution in [0.15, 0.2) is 53.7 Å². The van der Waals surface area contributed by atoms with E-state index in [0.717, 1.165) is 5.56 Å². The maximum atomic E-state index is 12.5. The van der Waals surface area contributed by atoms with Crippen LogP contribution in [0.1, 0.15) is 45.1 Å². The highest BCUT2D eigenvalue weighted by atomic mass is 32.2. The van der Waals surface area contributed by atoms with Gasteiger partial charge in [-0.15, -0.1) is 10.2 Å². The van der Waals surface area contributed by atoms with E-state index in [2.05, 4.69) is 20.8 Å². The topological polar surface area (TPSA) is 115 Å². The molecule has 0 saturated carbocycles. The van der Waals surface area contributed by atoms with Crippen molar-refractivity contribution in [2.45, 2.75) is 25.0 Å². The van der Waals surface area contributed by atoms with Gasteiger partial charge in [0.25, 0.3) is 5.91 Å². The molecule has 2 amide bonds. The van der Waals surface area contributed by atoms with Crippen molar-refractivity contribution >= 4 is 35.2 Å². The third-order valence-corrected chi connectivity index (χ3v) is 5.84. The second-order valence-corrected chi connectivity index (χ2v) is 8.31. The maximum Gasteiger partial charge on any atom is 0.337 e. The fourth-order valence-electron chi connectivity index (χ4n) is 3.05. The molecule has 1 aromatic heterocycles. The van der Waals surface area contributed by atoms with Crippen molar-refractivity contribution in [2.75, 3.05) is 18.2 Å².